The Bertz CT molecular complexity index is 1220. The molecular weight excluding hydrogens is 593 g/mol. The van der Waals surface area contributed by atoms with Crippen molar-refractivity contribution in [2.24, 2.45) is 0 Å². The molecule has 0 spiro atoms. The zero-order chi connectivity index (χ0) is 29.2. The molecule has 0 bridgehead atoms. The Morgan fingerprint density at radius 2 is 0.951 bits per heavy atom. The predicted octanol–water partition coefficient (Wildman–Crippen LogP) is 5.85. The predicted molar refractivity (Wildman–Crippen MR) is 163 cm³/mol. The summed E-state index contributed by atoms with van der Waals surface area (Å²) in [6, 6.07) is 9.44. The minimum atomic E-state index is -4.44. The Morgan fingerprint density at radius 1 is 0.585 bits per heavy atom. The van der Waals surface area contributed by atoms with E-state index in [1.165, 1.54) is 63.5 Å². The standard InChI is InChI=1S/2C14H22N2O3S.Ca/c2*1-2-3-4-5-6-10-13-15-11-8-7-9-12(14(11)16-13)20(17,18)19;/h2*7-9,13,15-16H,2-6,10H2,1H3,(H,17,18,19);/q;;+2/p-2. The van der Waals surface area contributed by atoms with Crippen molar-refractivity contribution in [3.8, 4) is 0 Å². The van der Waals surface area contributed by atoms with E-state index in [-0.39, 0.29) is 59.9 Å². The summed E-state index contributed by atoms with van der Waals surface area (Å²) in [5.74, 6) is 0. The molecule has 0 aliphatic carbocycles. The first-order valence-corrected chi connectivity index (χ1v) is 17.1. The number of fused-ring (bicyclic) bond motifs is 2. The maximum Gasteiger partial charge on any atom is 2.00 e. The second kappa shape index (κ2) is 17.1. The van der Waals surface area contributed by atoms with E-state index in [9.17, 15) is 25.9 Å². The Labute approximate surface area is 275 Å². The van der Waals surface area contributed by atoms with E-state index in [1.54, 1.807) is 24.3 Å². The van der Waals surface area contributed by atoms with Gasteiger partial charge >= 0.3 is 37.7 Å². The summed E-state index contributed by atoms with van der Waals surface area (Å²) < 4.78 is 67.2. The summed E-state index contributed by atoms with van der Waals surface area (Å²) >= 11 is 0. The first-order chi connectivity index (χ1) is 19.0. The third-order valence-electron chi connectivity index (χ3n) is 7.08. The van der Waals surface area contributed by atoms with Gasteiger partial charge in [0.25, 0.3) is 0 Å². The molecule has 224 valence electrons. The molecule has 4 rings (SSSR count). The van der Waals surface area contributed by atoms with E-state index >= 15 is 0 Å². The van der Waals surface area contributed by atoms with Crippen molar-refractivity contribution in [1.29, 1.82) is 0 Å². The fourth-order valence-electron chi connectivity index (χ4n) is 5.01. The van der Waals surface area contributed by atoms with Crippen molar-refractivity contribution in [3.05, 3.63) is 36.4 Å². The maximum atomic E-state index is 11.2. The van der Waals surface area contributed by atoms with Crippen LogP contribution in [0.15, 0.2) is 46.2 Å². The Morgan fingerprint density at radius 3 is 1.29 bits per heavy atom. The van der Waals surface area contributed by atoms with Gasteiger partial charge in [-0.05, 0) is 49.9 Å². The Balaban J connectivity index is 0.000000280. The van der Waals surface area contributed by atoms with Crippen LogP contribution in [-0.4, -0.2) is 76.0 Å². The molecule has 2 aliphatic rings. The van der Waals surface area contributed by atoms with Crippen LogP contribution >= 0.6 is 0 Å². The third kappa shape index (κ3) is 11.1. The molecule has 0 saturated heterocycles. The van der Waals surface area contributed by atoms with Crippen molar-refractivity contribution in [2.75, 3.05) is 21.3 Å². The van der Waals surface area contributed by atoms with Gasteiger partial charge in [0.2, 0.25) is 0 Å². The van der Waals surface area contributed by atoms with E-state index in [4.69, 9.17) is 0 Å². The first kappa shape index (κ1) is 35.9. The van der Waals surface area contributed by atoms with E-state index < -0.39 is 20.2 Å². The van der Waals surface area contributed by atoms with Crippen LogP contribution in [0.4, 0.5) is 22.7 Å². The molecule has 0 aromatic heterocycles. The molecular formula is C28H42CaN4O6S2. The molecule has 13 heteroatoms. The number of hydrogen-bond donors (Lipinski definition) is 4. The summed E-state index contributed by atoms with van der Waals surface area (Å²) in [5, 5.41) is 12.7. The smallest absolute Gasteiger partial charge is 0.744 e. The molecule has 0 amide bonds. The number of nitrogens with one attached hydrogen (secondary N) is 4. The van der Waals surface area contributed by atoms with E-state index in [0.29, 0.717) is 22.7 Å². The van der Waals surface area contributed by atoms with Crippen molar-refractivity contribution in [3.63, 3.8) is 0 Å². The third-order valence-corrected chi connectivity index (χ3v) is 8.84. The second-order valence-corrected chi connectivity index (χ2v) is 13.1. The van der Waals surface area contributed by atoms with Crippen LogP contribution < -0.4 is 21.3 Å². The topological polar surface area (TPSA) is 163 Å². The molecule has 2 unspecified atom stereocenters. The Kier molecular flexibility index (Phi) is 15.0. The molecule has 4 N–H and O–H groups in total. The average Bonchev–Trinajstić information content (AvgIpc) is 3.50. The largest absolute Gasteiger partial charge is 2.00 e. The van der Waals surface area contributed by atoms with Crippen molar-refractivity contribution in [2.45, 2.75) is 113 Å². The zero-order valence-electron chi connectivity index (χ0n) is 24.1. The molecule has 0 radical (unpaired) electrons. The first-order valence-electron chi connectivity index (χ1n) is 14.3. The number of rotatable bonds is 14. The van der Waals surface area contributed by atoms with Gasteiger partial charge in [-0.2, -0.15) is 0 Å². The number of benzene rings is 2. The second-order valence-electron chi connectivity index (χ2n) is 10.4. The SMILES string of the molecule is CCCCCCCC1Nc2cccc(S(=O)(=O)[O-])c2N1.CCCCCCCC1Nc2cccc(S(=O)(=O)[O-])c2N1.[Ca+2]. The van der Waals surface area contributed by atoms with Gasteiger partial charge in [0, 0.05) is 0 Å². The molecule has 2 heterocycles. The average molecular weight is 635 g/mol. The van der Waals surface area contributed by atoms with Gasteiger partial charge in [-0.3, -0.25) is 0 Å². The molecule has 10 nitrogen and oxygen atoms in total. The van der Waals surface area contributed by atoms with Crippen LogP contribution in [0.3, 0.4) is 0 Å². The minimum Gasteiger partial charge on any atom is -0.744 e. The quantitative estimate of drug-likeness (QED) is 0.113. The van der Waals surface area contributed by atoms with Gasteiger partial charge in [-0.25, -0.2) is 16.8 Å². The zero-order valence-corrected chi connectivity index (χ0v) is 27.9. The fourth-order valence-corrected chi connectivity index (χ4v) is 6.33. The van der Waals surface area contributed by atoms with Gasteiger partial charge in [0.15, 0.2) is 0 Å². The summed E-state index contributed by atoms with van der Waals surface area (Å²) in [7, 11) is -8.87. The summed E-state index contributed by atoms with van der Waals surface area (Å²) in [5.41, 5.74) is 2.23. The maximum absolute atomic E-state index is 11.2. The van der Waals surface area contributed by atoms with Crippen molar-refractivity contribution >= 4 is 80.7 Å². The van der Waals surface area contributed by atoms with E-state index in [0.717, 1.165) is 25.7 Å². The minimum absolute atomic E-state index is 0. The summed E-state index contributed by atoms with van der Waals surface area (Å²) in [4.78, 5) is -0.341. The van der Waals surface area contributed by atoms with Gasteiger partial charge < -0.3 is 30.4 Å². The van der Waals surface area contributed by atoms with Crippen molar-refractivity contribution in [1.82, 2.24) is 0 Å². The molecule has 2 aliphatic heterocycles. The molecule has 41 heavy (non-hydrogen) atoms. The Hall–Kier alpha value is -1.28. The molecule has 0 saturated carbocycles. The van der Waals surface area contributed by atoms with Crippen LogP contribution in [0, 0.1) is 0 Å². The van der Waals surface area contributed by atoms with E-state index in [2.05, 4.69) is 35.1 Å². The number of hydrogen-bond acceptors (Lipinski definition) is 10. The van der Waals surface area contributed by atoms with E-state index in [1.807, 2.05) is 0 Å². The fraction of sp³-hybridized carbons (Fsp3) is 0.571. The van der Waals surface area contributed by atoms with Crippen LogP contribution in [0.5, 0.6) is 0 Å². The molecule has 2 aromatic carbocycles. The van der Waals surface area contributed by atoms with Crippen molar-refractivity contribution < 1.29 is 25.9 Å². The normalized spacial score (nSPS) is 17.0. The van der Waals surface area contributed by atoms with Gasteiger partial charge in [0.1, 0.15) is 20.2 Å². The summed E-state index contributed by atoms with van der Waals surface area (Å²) in [6.45, 7) is 4.36. The molecule has 2 aromatic rings. The summed E-state index contributed by atoms with van der Waals surface area (Å²) in [6.07, 6.45) is 13.8. The van der Waals surface area contributed by atoms with Crippen LogP contribution in [0.25, 0.3) is 0 Å². The van der Waals surface area contributed by atoms with Gasteiger partial charge in [-0.15, -0.1) is 0 Å². The van der Waals surface area contributed by atoms with Crippen LogP contribution in [0.1, 0.15) is 90.9 Å². The number of anilines is 4. The van der Waals surface area contributed by atoms with Gasteiger partial charge in [0.05, 0.1) is 44.9 Å². The van der Waals surface area contributed by atoms with Gasteiger partial charge in [-0.1, -0.05) is 77.3 Å². The monoisotopic (exact) mass is 634 g/mol. The molecule has 0 fully saturated rings. The van der Waals surface area contributed by atoms with Crippen LogP contribution in [-0.2, 0) is 20.2 Å². The number of para-hydroxylation sites is 2. The van der Waals surface area contributed by atoms with Crippen LogP contribution in [0.2, 0.25) is 0 Å². The molecule has 2 atom stereocenters. The number of unbranched alkanes of at least 4 members (excludes halogenated alkanes) is 8.